The van der Waals surface area contributed by atoms with E-state index in [-0.39, 0.29) is 11.7 Å². The Morgan fingerprint density at radius 1 is 1.57 bits per heavy atom. The standard InChI is InChI=1S/C9H16N2O3/c1-6(12)8(10)7-3-2-4-11(5-7)9(13)14/h7-8H,2-5,10H2,1H3,(H,13,14)/t7-,8?/m1/s1. The summed E-state index contributed by atoms with van der Waals surface area (Å²) in [5, 5.41) is 8.78. The summed E-state index contributed by atoms with van der Waals surface area (Å²) >= 11 is 0. The maximum absolute atomic E-state index is 11.0. The van der Waals surface area contributed by atoms with Gasteiger partial charge in [-0.3, -0.25) is 4.79 Å². The van der Waals surface area contributed by atoms with Crippen molar-refractivity contribution >= 4 is 11.9 Å². The average Bonchev–Trinajstić information content (AvgIpc) is 2.16. The maximum Gasteiger partial charge on any atom is 0.407 e. The molecule has 1 heterocycles. The lowest BCUT2D eigenvalue weighted by atomic mass is 9.89. The molecule has 0 saturated carbocycles. The number of ketones is 1. The van der Waals surface area contributed by atoms with Crippen LogP contribution < -0.4 is 5.73 Å². The van der Waals surface area contributed by atoms with Gasteiger partial charge in [0.25, 0.3) is 0 Å². The molecule has 0 aliphatic carbocycles. The van der Waals surface area contributed by atoms with Gasteiger partial charge in [-0.1, -0.05) is 0 Å². The molecule has 80 valence electrons. The van der Waals surface area contributed by atoms with Crippen molar-refractivity contribution < 1.29 is 14.7 Å². The predicted octanol–water partition coefficient (Wildman–Crippen LogP) is 0.293. The number of likely N-dealkylation sites (tertiary alicyclic amines) is 1. The smallest absolute Gasteiger partial charge is 0.407 e. The van der Waals surface area contributed by atoms with Crippen molar-refractivity contribution in [2.75, 3.05) is 13.1 Å². The Balaban J connectivity index is 2.55. The summed E-state index contributed by atoms with van der Waals surface area (Å²) < 4.78 is 0. The number of rotatable bonds is 2. The lowest BCUT2D eigenvalue weighted by molar-refractivity contribution is -0.119. The second kappa shape index (κ2) is 4.41. The quantitative estimate of drug-likeness (QED) is 0.671. The van der Waals surface area contributed by atoms with Gasteiger partial charge in [0.1, 0.15) is 5.78 Å². The van der Waals surface area contributed by atoms with Crippen molar-refractivity contribution in [3.05, 3.63) is 0 Å². The van der Waals surface area contributed by atoms with Crippen LogP contribution in [0.5, 0.6) is 0 Å². The largest absolute Gasteiger partial charge is 0.465 e. The molecule has 5 heteroatoms. The second-order valence-electron chi connectivity index (χ2n) is 3.77. The molecule has 1 fully saturated rings. The van der Waals surface area contributed by atoms with Crippen molar-refractivity contribution in [2.45, 2.75) is 25.8 Å². The van der Waals surface area contributed by atoms with Gasteiger partial charge in [0.15, 0.2) is 0 Å². The average molecular weight is 200 g/mol. The molecule has 0 bridgehead atoms. The van der Waals surface area contributed by atoms with Gasteiger partial charge in [0.2, 0.25) is 0 Å². The van der Waals surface area contributed by atoms with Gasteiger partial charge >= 0.3 is 6.09 Å². The highest BCUT2D eigenvalue weighted by molar-refractivity contribution is 5.81. The van der Waals surface area contributed by atoms with Crippen LogP contribution in [0.3, 0.4) is 0 Å². The molecule has 1 rings (SSSR count). The minimum absolute atomic E-state index is 0.0163. The Morgan fingerprint density at radius 3 is 2.71 bits per heavy atom. The van der Waals surface area contributed by atoms with Crippen LogP contribution in [0.15, 0.2) is 0 Å². The Bertz CT molecular complexity index is 230. The zero-order valence-electron chi connectivity index (χ0n) is 8.27. The van der Waals surface area contributed by atoms with Gasteiger partial charge in [-0.05, 0) is 25.7 Å². The van der Waals surface area contributed by atoms with Gasteiger partial charge < -0.3 is 15.7 Å². The first-order chi connectivity index (χ1) is 6.52. The lowest BCUT2D eigenvalue weighted by Gasteiger charge is -2.33. The molecule has 14 heavy (non-hydrogen) atoms. The van der Waals surface area contributed by atoms with Crippen LogP contribution in [-0.2, 0) is 4.79 Å². The Labute approximate surface area is 82.9 Å². The third-order valence-electron chi connectivity index (χ3n) is 2.71. The summed E-state index contributed by atoms with van der Waals surface area (Å²) in [6, 6.07) is -0.517. The minimum Gasteiger partial charge on any atom is -0.465 e. The molecule has 1 aliphatic heterocycles. The predicted molar refractivity (Wildman–Crippen MR) is 51.0 cm³/mol. The molecule has 0 spiro atoms. The Morgan fingerprint density at radius 2 is 2.21 bits per heavy atom. The van der Waals surface area contributed by atoms with Crippen LogP contribution in [0.4, 0.5) is 4.79 Å². The molecular formula is C9H16N2O3. The molecule has 0 radical (unpaired) electrons. The highest BCUT2D eigenvalue weighted by Gasteiger charge is 2.29. The van der Waals surface area contributed by atoms with Crippen LogP contribution in [0.2, 0.25) is 0 Å². The van der Waals surface area contributed by atoms with Crippen molar-refractivity contribution in [1.82, 2.24) is 4.90 Å². The van der Waals surface area contributed by atoms with E-state index in [1.54, 1.807) is 0 Å². The van der Waals surface area contributed by atoms with E-state index < -0.39 is 12.1 Å². The van der Waals surface area contributed by atoms with Crippen LogP contribution in [0.1, 0.15) is 19.8 Å². The number of Topliss-reactive ketones (excluding diaryl/α,β-unsaturated/α-hetero) is 1. The van der Waals surface area contributed by atoms with E-state index in [2.05, 4.69) is 0 Å². The Kier molecular flexibility index (Phi) is 3.46. The van der Waals surface area contributed by atoms with Gasteiger partial charge in [-0.2, -0.15) is 0 Å². The van der Waals surface area contributed by atoms with E-state index in [0.717, 1.165) is 12.8 Å². The minimum atomic E-state index is -0.926. The molecule has 2 atom stereocenters. The number of piperidine rings is 1. The summed E-state index contributed by atoms with van der Waals surface area (Å²) in [5.41, 5.74) is 5.68. The van der Waals surface area contributed by atoms with Crippen molar-refractivity contribution in [3.63, 3.8) is 0 Å². The van der Waals surface area contributed by atoms with Gasteiger partial charge in [0.05, 0.1) is 6.04 Å². The van der Waals surface area contributed by atoms with E-state index in [1.807, 2.05) is 0 Å². The number of carboxylic acid groups (broad SMARTS) is 1. The number of amides is 1. The first-order valence-corrected chi connectivity index (χ1v) is 4.76. The van der Waals surface area contributed by atoms with Crippen LogP contribution in [0.25, 0.3) is 0 Å². The molecule has 0 aromatic carbocycles. The summed E-state index contributed by atoms with van der Waals surface area (Å²) in [7, 11) is 0. The molecule has 0 aromatic rings. The fourth-order valence-corrected chi connectivity index (χ4v) is 1.81. The van der Waals surface area contributed by atoms with E-state index in [4.69, 9.17) is 10.8 Å². The molecule has 0 aromatic heterocycles. The van der Waals surface area contributed by atoms with E-state index >= 15 is 0 Å². The highest BCUT2D eigenvalue weighted by Crippen LogP contribution is 2.19. The highest BCUT2D eigenvalue weighted by atomic mass is 16.4. The molecule has 1 saturated heterocycles. The zero-order valence-corrected chi connectivity index (χ0v) is 8.27. The molecule has 1 amide bonds. The summed E-state index contributed by atoms with van der Waals surface area (Å²) in [6.45, 7) is 2.39. The second-order valence-corrected chi connectivity index (χ2v) is 3.77. The fourth-order valence-electron chi connectivity index (χ4n) is 1.81. The first kappa shape index (κ1) is 11.0. The number of nitrogens with zero attached hydrogens (tertiary/aromatic N) is 1. The number of hydrogen-bond acceptors (Lipinski definition) is 3. The summed E-state index contributed by atoms with van der Waals surface area (Å²) in [5.74, 6) is -0.0837. The Hall–Kier alpha value is -1.10. The number of hydrogen-bond donors (Lipinski definition) is 2. The van der Waals surface area contributed by atoms with E-state index in [0.29, 0.717) is 13.1 Å². The van der Waals surface area contributed by atoms with Gasteiger partial charge in [-0.25, -0.2) is 4.79 Å². The molecule has 1 unspecified atom stereocenters. The maximum atomic E-state index is 11.0. The van der Waals surface area contributed by atoms with Crippen LogP contribution >= 0.6 is 0 Å². The normalized spacial score (nSPS) is 24.4. The monoisotopic (exact) mass is 200 g/mol. The van der Waals surface area contributed by atoms with E-state index in [9.17, 15) is 9.59 Å². The van der Waals surface area contributed by atoms with Crippen molar-refractivity contribution in [1.29, 1.82) is 0 Å². The molecular weight excluding hydrogens is 184 g/mol. The molecule has 5 nitrogen and oxygen atoms in total. The number of carbonyl (C=O) groups excluding carboxylic acids is 1. The fraction of sp³-hybridized carbons (Fsp3) is 0.778. The molecule has 1 aliphatic rings. The van der Waals surface area contributed by atoms with Gasteiger partial charge in [-0.15, -0.1) is 0 Å². The third-order valence-corrected chi connectivity index (χ3v) is 2.71. The summed E-state index contributed by atoms with van der Waals surface area (Å²) in [6.07, 6.45) is 0.702. The van der Waals surface area contributed by atoms with E-state index in [1.165, 1.54) is 11.8 Å². The number of nitrogens with two attached hydrogens (primary N) is 1. The van der Waals surface area contributed by atoms with Crippen LogP contribution in [0, 0.1) is 5.92 Å². The van der Waals surface area contributed by atoms with Crippen LogP contribution in [-0.4, -0.2) is 41.0 Å². The number of carbonyl (C=O) groups is 2. The van der Waals surface area contributed by atoms with Crippen molar-refractivity contribution in [3.8, 4) is 0 Å². The first-order valence-electron chi connectivity index (χ1n) is 4.76. The van der Waals surface area contributed by atoms with Gasteiger partial charge in [0, 0.05) is 13.1 Å². The lowest BCUT2D eigenvalue weighted by Crippen LogP contribution is -2.48. The zero-order chi connectivity index (χ0) is 10.7. The molecule has 3 N–H and O–H groups in total. The SMILES string of the molecule is CC(=O)C(N)[C@@H]1CCCN(C(=O)O)C1. The van der Waals surface area contributed by atoms with Crippen molar-refractivity contribution in [2.24, 2.45) is 11.7 Å². The topological polar surface area (TPSA) is 83.6 Å². The summed E-state index contributed by atoms with van der Waals surface area (Å²) in [4.78, 5) is 23.1. The third kappa shape index (κ3) is 2.45.